The van der Waals surface area contributed by atoms with E-state index in [0.29, 0.717) is 12.1 Å². The molecule has 1 nitrogen and oxygen atoms in total. The summed E-state index contributed by atoms with van der Waals surface area (Å²) in [5, 5.41) is 0. The number of carbonyl (C=O) groups is 1. The summed E-state index contributed by atoms with van der Waals surface area (Å²) >= 11 is 0. The maximum atomic E-state index is 12.4. The molecule has 0 atom stereocenters. The third kappa shape index (κ3) is 1.30. The SMILES string of the molecule is O=C(F)c1c(F)ccc(F)c1F. The molecule has 1 aromatic carbocycles. The molecule has 0 aliphatic rings. The number of benzene rings is 1. The number of carbonyl (C=O) groups excluding carboxylic acids is 1. The van der Waals surface area contributed by atoms with Crippen molar-refractivity contribution in [1.82, 2.24) is 0 Å². The van der Waals surface area contributed by atoms with E-state index in [-0.39, 0.29) is 0 Å². The van der Waals surface area contributed by atoms with Gasteiger partial charge in [0.15, 0.2) is 11.6 Å². The molecule has 0 N–H and O–H groups in total. The van der Waals surface area contributed by atoms with Crippen molar-refractivity contribution in [3.63, 3.8) is 0 Å². The largest absolute Gasteiger partial charge is 0.338 e. The van der Waals surface area contributed by atoms with E-state index < -0.39 is 29.1 Å². The normalized spacial score (nSPS) is 10.0. The number of hydrogen-bond acceptors (Lipinski definition) is 1. The van der Waals surface area contributed by atoms with Crippen LogP contribution in [0.15, 0.2) is 12.1 Å². The molecular weight excluding hydrogens is 176 g/mol. The Morgan fingerprint density at radius 2 is 1.58 bits per heavy atom. The maximum Gasteiger partial charge on any atom is 0.338 e. The first kappa shape index (κ1) is 8.70. The Hall–Kier alpha value is -1.39. The highest BCUT2D eigenvalue weighted by Gasteiger charge is 2.19. The van der Waals surface area contributed by atoms with Crippen LogP contribution >= 0.6 is 0 Å². The molecule has 0 amide bonds. The van der Waals surface area contributed by atoms with E-state index in [2.05, 4.69) is 0 Å². The third-order valence-electron chi connectivity index (χ3n) is 1.24. The first-order chi connectivity index (χ1) is 5.54. The summed E-state index contributed by atoms with van der Waals surface area (Å²) in [4.78, 5) is 9.93. The average Bonchev–Trinajstić information content (AvgIpc) is 1.97. The Morgan fingerprint density at radius 3 is 2.00 bits per heavy atom. The van der Waals surface area contributed by atoms with Gasteiger partial charge in [-0.1, -0.05) is 0 Å². The molecule has 0 aliphatic heterocycles. The quantitative estimate of drug-likeness (QED) is 0.366. The van der Waals surface area contributed by atoms with Gasteiger partial charge in [0.1, 0.15) is 11.4 Å². The van der Waals surface area contributed by atoms with Crippen LogP contribution in [0.4, 0.5) is 17.6 Å². The van der Waals surface area contributed by atoms with E-state index in [1.165, 1.54) is 0 Å². The molecule has 1 rings (SSSR count). The molecule has 12 heavy (non-hydrogen) atoms. The van der Waals surface area contributed by atoms with Crippen molar-refractivity contribution in [2.45, 2.75) is 0 Å². The topological polar surface area (TPSA) is 17.1 Å². The lowest BCUT2D eigenvalue weighted by Gasteiger charge is -1.97. The summed E-state index contributed by atoms with van der Waals surface area (Å²) in [6.07, 6.45) is 0. The van der Waals surface area contributed by atoms with Crippen molar-refractivity contribution < 1.29 is 22.4 Å². The minimum atomic E-state index is -2.33. The highest BCUT2D eigenvalue weighted by Crippen LogP contribution is 2.16. The van der Waals surface area contributed by atoms with Gasteiger partial charge in [-0.25, -0.2) is 13.2 Å². The number of rotatable bonds is 1. The zero-order valence-electron chi connectivity index (χ0n) is 5.57. The number of hydrogen-bond donors (Lipinski definition) is 0. The van der Waals surface area contributed by atoms with Gasteiger partial charge in [0.25, 0.3) is 0 Å². The van der Waals surface area contributed by atoms with Gasteiger partial charge in [-0.2, -0.15) is 4.39 Å². The van der Waals surface area contributed by atoms with Gasteiger partial charge in [0.05, 0.1) is 0 Å². The molecule has 0 bridgehead atoms. The Morgan fingerprint density at radius 1 is 1.08 bits per heavy atom. The lowest BCUT2D eigenvalue weighted by atomic mass is 10.2. The summed E-state index contributed by atoms with van der Waals surface area (Å²) < 4.78 is 49.0. The average molecular weight is 178 g/mol. The van der Waals surface area contributed by atoms with Crippen LogP contribution in [0.5, 0.6) is 0 Å². The van der Waals surface area contributed by atoms with Crippen LogP contribution in [0.1, 0.15) is 10.4 Å². The molecule has 0 heterocycles. The Labute approximate surface area is 64.6 Å². The Balaban J connectivity index is 3.43. The predicted octanol–water partition coefficient (Wildman–Crippen LogP) is 2.21. The van der Waals surface area contributed by atoms with Crippen molar-refractivity contribution in [2.75, 3.05) is 0 Å². The van der Waals surface area contributed by atoms with E-state index in [0.717, 1.165) is 0 Å². The van der Waals surface area contributed by atoms with Gasteiger partial charge in [-0.15, -0.1) is 0 Å². The molecule has 1 aromatic rings. The van der Waals surface area contributed by atoms with E-state index in [4.69, 9.17) is 0 Å². The van der Waals surface area contributed by atoms with Crippen LogP contribution in [-0.4, -0.2) is 6.04 Å². The van der Waals surface area contributed by atoms with Crippen LogP contribution in [0.3, 0.4) is 0 Å². The fraction of sp³-hybridized carbons (Fsp3) is 0. The summed E-state index contributed by atoms with van der Waals surface area (Å²) in [5.74, 6) is -4.68. The first-order valence-corrected chi connectivity index (χ1v) is 2.87. The van der Waals surface area contributed by atoms with Crippen molar-refractivity contribution in [3.8, 4) is 0 Å². The summed E-state index contributed by atoms with van der Waals surface area (Å²) in [5.41, 5.74) is -1.49. The van der Waals surface area contributed by atoms with E-state index >= 15 is 0 Å². The molecule has 0 radical (unpaired) electrons. The molecule has 64 valence electrons. The van der Waals surface area contributed by atoms with Gasteiger partial charge in [0, 0.05) is 0 Å². The first-order valence-electron chi connectivity index (χ1n) is 2.87. The van der Waals surface area contributed by atoms with Gasteiger partial charge >= 0.3 is 6.04 Å². The molecule has 0 aliphatic carbocycles. The lowest BCUT2D eigenvalue weighted by Crippen LogP contribution is -2.02. The smallest absolute Gasteiger partial charge is 0.255 e. The van der Waals surface area contributed by atoms with Crippen LogP contribution in [0.25, 0.3) is 0 Å². The minimum absolute atomic E-state index is 0.469. The van der Waals surface area contributed by atoms with Gasteiger partial charge in [-0.3, -0.25) is 4.79 Å². The standard InChI is InChI=1S/C7H2F4O/c8-3-1-2-4(9)6(10)5(3)7(11)12/h1-2H. The van der Waals surface area contributed by atoms with Crippen LogP contribution in [0.2, 0.25) is 0 Å². The second-order valence-electron chi connectivity index (χ2n) is 1.99. The molecule has 0 unspecified atom stereocenters. The summed E-state index contributed by atoms with van der Waals surface area (Å²) in [6.45, 7) is 0. The lowest BCUT2D eigenvalue weighted by molar-refractivity contribution is 0.0825. The minimum Gasteiger partial charge on any atom is -0.255 e. The predicted molar refractivity (Wildman–Crippen MR) is 31.8 cm³/mol. The molecule has 5 heteroatoms. The van der Waals surface area contributed by atoms with E-state index in [1.807, 2.05) is 0 Å². The Bertz CT molecular complexity index is 334. The molecule has 0 aromatic heterocycles. The van der Waals surface area contributed by atoms with Gasteiger partial charge < -0.3 is 0 Å². The maximum absolute atomic E-state index is 12.4. The van der Waals surface area contributed by atoms with Crippen LogP contribution in [-0.2, 0) is 0 Å². The summed E-state index contributed by atoms with van der Waals surface area (Å²) in [7, 11) is 0. The third-order valence-corrected chi connectivity index (χ3v) is 1.24. The Kier molecular flexibility index (Phi) is 2.12. The fourth-order valence-electron chi connectivity index (χ4n) is 0.707. The second-order valence-corrected chi connectivity index (χ2v) is 1.99. The molecule has 0 saturated carbocycles. The zero-order chi connectivity index (χ0) is 9.30. The molecule has 0 saturated heterocycles. The van der Waals surface area contributed by atoms with Gasteiger partial charge in [-0.05, 0) is 12.1 Å². The number of halogens is 4. The molecular formula is C7H2F4O. The van der Waals surface area contributed by atoms with Gasteiger partial charge in [0.2, 0.25) is 0 Å². The van der Waals surface area contributed by atoms with Crippen molar-refractivity contribution in [1.29, 1.82) is 0 Å². The fourth-order valence-corrected chi connectivity index (χ4v) is 0.707. The van der Waals surface area contributed by atoms with Crippen LogP contribution < -0.4 is 0 Å². The summed E-state index contributed by atoms with van der Waals surface area (Å²) in [6, 6.07) is -1.38. The zero-order valence-corrected chi connectivity index (χ0v) is 5.57. The van der Waals surface area contributed by atoms with Crippen molar-refractivity contribution in [3.05, 3.63) is 35.1 Å². The highest BCUT2D eigenvalue weighted by molar-refractivity contribution is 5.88. The van der Waals surface area contributed by atoms with Crippen molar-refractivity contribution in [2.24, 2.45) is 0 Å². The molecule has 0 fully saturated rings. The van der Waals surface area contributed by atoms with E-state index in [1.54, 1.807) is 0 Å². The second kappa shape index (κ2) is 2.92. The van der Waals surface area contributed by atoms with Crippen molar-refractivity contribution >= 4 is 6.04 Å². The highest BCUT2D eigenvalue weighted by atomic mass is 19.2. The van der Waals surface area contributed by atoms with Crippen LogP contribution in [0, 0.1) is 17.5 Å². The van der Waals surface area contributed by atoms with E-state index in [9.17, 15) is 22.4 Å². The monoisotopic (exact) mass is 178 g/mol. The molecule has 0 spiro atoms.